The molecule has 0 radical (unpaired) electrons. The molecule has 136 valence electrons. The van der Waals surface area contributed by atoms with E-state index in [0.717, 1.165) is 18.4 Å². The molecule has 1 aliphatic heterocycles. The van der Waals surface area contributed by atoms with Crippen molar-refractivity contribution < 1.29 is 9.59 Å². The largest absolute Gasteiger partial charge is 0.354 e. The molecule has 0 aliphatic carbocycles. The standard InChI is InChI=1S/C21H23ClN2O2/c22-18-8-6-17(7-9-18)12-14-23-21(26)19-10-11-20(25)24(19)15-13-16-4-2-1-3-5-16/h1-9,19H,10-15H2,(H,23,26). The molecule has 1 saturated heterocycles. The van der Waals surface area contributed by atoms with Crippen LogP contribution in [0.2, 0.25) is 5.02 Å². The Morgan fingerprint density at radius 1 is 1.04 bits per heavy atom. The summed E-state index contributed by atoms with van der Waals surface area (Å²) in [7, 11) is 0. The van der Waals surface area contributed by atoms with Crippen molar-refractivity contribution in [1.29, 1.82) is 0 Å². The molecule has 1 fully saturated rings. The van der Waals surface area contributed by atoms with Crippen molar-refractivity contribution in [2.75, 3.05) is 13.1 Å². The van der Waals surface area contributed by atoms with E-state index in [1.54, 1.807) is 4.90 Å². The first kappa shape index (κ1) is 18.5. The van der Waals surface area contributed by atoms with Crippen LogP contribution in [0.15, 0.2) is 54.6 Å². The third-order valence-electron chi connectivity index (χ3n) is 4.74. The lowest BCUT2D eigenvalue weighted by atomic mass is 10.1. The average Bonchev–Trinajstić information content (AvgIpc) is 3.03. The molecule has 1 atom stereocenters. The normalized spacial score (nSPS) is 16.7. The van der Waals surface area contributed by atoms with E-state index in [-0.39, 0.29) is 17.9 Å². The first-order valence-corrected chi connectivity index (χ1v) is 9.37. The molecule has 2 aromatic carbocycles. The lowest BCUT2D eigenvalue weighted by Gasteiger charge is -2.24. The van der Waals surface area contributed by atoms with Gasteiger partial charge in [0, 0.05) is 24.5 Å². The van der Waals surface area contributed by atoms with E-state index in [2.05, 4.69) is 5.32 Å². The Bertz CT molecular complexity index is 746. The molecule has 0 bridgehead atoms. The number of likely N-dealkylation sites (tertiary alicyclic amines) is 1. The van der Waals surface area contributed by atoms with Crippen molar-refractivity contribution in [3.63, 3.8) is 0 Å². The smallest absolute Gasteiger partial charge is 0.242 e. The monoisotopic (exact) mass is 370 g/mol. The summed E-state index contributed by atoms with van der Waals surface area (Å²) in [6, 6.07) is 17.3. The molecule has 5 heteroatoms. The highest BCUT2D eigenvalue weighted by Crippen LogP contribution is 2.19. The van der Waals surface area contributed by atoms with Crippen molar-refractivity contribution in [3.8, 4) is 0 Å². The zero-order chi connectivity index (χ0) is 18.4. The molecule has 1 aliphatic rings. The van der Waals surface area contributed by atoms with Crippen LogP contribution in [0.25, 0.3) is 0 Å². The van der Waals surface area contributed by atoms with E-state index in [0.29, 0.717) is 31.0 Å². The van der Waals surface area contributed by atoms with Gasteiger partial charge in [-0.2, -0.15) is 0 Å². The predicted molar refractivity (Wildman–Crippen MR) is 103 cm³/mol. The van der Waals surface area contributed by atoms with Gasteiger partial charge in [-0.15, -0.1) is 0 Å². The van der Waals surface area contributed by atoms with Gasteiger partial charge in [-0.05, 0) is 42.5 Å². The Balaban J connectivity index is 1.50. The number of rotatable bonds is 7. The second-order valence-corrected chi connectivity index (χ2v) is 6.98. The maximum Gasteiger partial charge on any atom is 0.242 e. The van der Waals surface area contributed by atoms with Crippen molar-refractivity contribution in [1.82, 2.24) is 10.2 Å². The van der Waals surface area contributed by atoms with E-state index < -0.39 is 0 Å². The number of nitrogens with zero attached hydrogens (tertiary/aromatic N) is 1. The first-order valence-electron chi connectivity index (χ1n) is 8.99. The Hall–Kier alpha value is -2.33. The number of hydrogen-bond acceptors (Lipinski definition) is 2. The van der Waals surface area contributed by atoms with Crippen molar-refractivity contribution in [3.05, 3.63) is 70.7 Å². The molecular formula is C21H23ClN2O2. The second kappa shape index (κ2) is 8.86. The predicted octanol–water partition coefficient (Wildman–Crippen LogP) is 3.23. The highest BCUT2D eigenvalue weighted by atomic mass is 35.5. The maximum atomic E-state index is 12.5. The molecular weight excluding hydrogens is 348 g/mol. The summed E-state index contributed by atoms with van der Waals surface area (Å²) < 4.78 is 0. The summed E-state index contributed by atoms with van der Waals surface area (Å²) in [5.41, 5.74) is 2.30. The van der Waals surface area contributed by atoms with Gasteiger partial charge in [0.2, 0.25) is 11.8 Å². The van der Waals surface area contributed by atoms with Crippen LogP contribution in [0.5, 0.6) is 0 Å². The number of carbonyl (C=O) groups excluding carboxylic acids is 2. The van der Waals surface area contributed by atoms with Gasteiger partial charge in [0.15, 0.2) is 0 Å². The number of carbonyl (C=O) groups is 2. The average molecular weight is 371 g/mol. The van der Waals surface area contributed by atoms with Crippen molar-refractivity contribution in [2.24, 2.45) is 0 Å². The fraction of sp³-hybridized carbons (Fsp3) is 0.333. The van der Waals surface area contributed by atoms with E-state index >= 15 is 0 Å². The summed E-state index contributed by atoms with van der Waals surface area (Å²) in [5, 5.41) is 3.68. The minimum absolute atomic E-state index is 0.0575. The summed E-state index contributed by atoms with van der Waals surface area (Å²) in [4.78, 5) is 26.4. The third-order valence-corrected chi connectivity index (χ3v) is 4.99. The minimum Gasteiger partial charge on any atom is -0.354 e. The van der Waals surface area contributed by atoms with Crippen LogP contribution in [0, 0.1) is 0 Å². The third kappa shape index (κ3) is 4.85. The molecule has 26 heavy (non-hydrogen) atoms. The van der Waals surface area contributed by atoms with Crippen LogP contribution in [0.1, 0.15) is 24.0 Å². The molecule has 0 aromatic heterocycles. The Morgan fingerprint density at radius 3 is 2.46 bits per heavy atom. The molecule has 3 rings (SSSR count). The molecule has 0 spiro atoms. The highest BCUT2D eigenvalue weighted by Gasteiger charge is 2.35. The number of amides is 2. The van der Waals surface area contributed by atoms with Gasteiger partial charge in [-0.25, -0.2) is 0 Å². The topological polar surface area (TPSA) is 49.4 Å². The number of hydrogen-bond donors (Lipinski definition) is 1. The summed E-state index contributed by atoms with van der Waals surface area (Å²) in [6.07, 6.45) is 2.55. The number of benzene rings is 2. The van der Waals surface area contributed by atoms with Crippen LogP contribution in [0.3, 0.4) is 0 Å². The van der Waals surface area contributed by atoms with Crippen LogP contribution < -0.4 is 5.32 Å². The minimum atomic E-state index is -0.351. The molecule has 0 saturated carbocycles. The van der Waals surface area contributed by atoms with Crippen LogP contribution in [-0.4, -0.2) is 35.8 Å². The molecule has 2 aromatic rings. The van der Waals surface area contributed by atoms with Crippen LogP contribution in [-0.2, 0) is 22.4 Å². The van der Waals surface area contributed by atoms with Gasteiger partial charge in [-0.1, -0.05) is 54.1 Å². The lowest BCUT2D eigenvalue weighted by molar-refractivity contribution is -0.135. The lowest BCUT2D eigenvalue weighted by Crippen LogP contribution is -2.45. The van der Waals surface area contributed by atoms with Gasteiger partial charge in [0.1, 0.15) is 6.04 Å². The van der Waals surface area contributed by atoms with Gasteiger partial charge >= 0.3 is 0 Å². The highest BCUT2D eigenvalue weighted by molar-refractivity contribution is 6.30. The quantitative estimate of drug-likeness (QED) is 0.813. The fourth-order valence-electron chi connectivity index (χ4n) is 3.28. The van der Waals surface area contributed by atoms with Gasteiger partial charge < -0.3 is 10.2 Å². The zero-order valence-electron chi connectivity index (χ0n) is 14.7. The maximum absolute atomic E-state index is 12.5. The fourth-order valence-corrected chi connectivity index (χ4v) is 3.41. The van der Waals surface area contributed by atoms with E-state index in [1.807, 2.05) is 54.6 Å². The Kier molecular flexibility index (Phi) is 6.29. The van der Waals surface area contributed by atoms with Crippen LogP contribution in [0.4, 0.5) is 0 Å². The second-order valence-electron chi connectivity index (χ2n) is 6.54. The van der Waals surface area contributed by atoms with Crippen molar-refractivity contribution >= 4 is 23.4 Å². The van der Waals surface area contributed by atoms with Gasteiger partial charge in [0.05, 0.1) is 0 Å². The Labute approximate surface area is 159 Å². The van der Waals surface area contributed by atoms with E-state index in [4.69, 9.17) is 11.6 Å². The van der Waals surface area contributed by atoms with E-state index in [1.165, 1.54) is 5.56 Å². The molecule has 4 nitrogen and oxygen atoms in total. The first-order chi connectivity index (χ1) is 12.6. The molecule has 1 heterocycles. The van der Waals surface area contributed by atoms with Crippen LogP contribution >= 0.6 is 11.6 Å². The summed E-state index contributed by atoms with van der Waals surface area (Å²) in [5.74, 6) is 0.0108. The van der Waals surface area contributed by atoms with E-state index in [9.17, 15) is 9.59 Å². The Morgan fingerprint density at radius 2 is 1.73 bits per heavy atom. The zero-order valence-corrected chi connectivity index (χ0v) is 15.4. The number of halogens is 1. The summed E-state index contributed by atoms with van der Waals surface area (Å²) in [6.45, 7) is 1.13. The van der Waals surface area contributed by atoms with Gasteiger partial charge in [-0.3, -0.25) is 9.59 Å². The molecule has 1 unspecified atom stereocenters. The molecule has 1 N–H and O–H groups in total. The summed E-state index contributed by atoms with van der Waals surface area (Å²) >= 11 is 5.88. The van der Waals surface area contributed by atoms with Gasteiger partial charge in [0.25, 0.3) is 0 Å². The SMILES string of the molecule is O=C(NCCc1ccc(Cl)cc1)C1CCC(=O)N1CCc1ccccc1. The molecule has 2 amide bonds. The number of nitrogens with one attached hydrogen (secondary N) is 1. The van der Waals surface area contributed by atoms with Crippen molar-refractivity contribution in [2.45, 2.75) is 31.7 Å².